The average Bonchev–Trinajstić information content (AvgIpc) is 3.49. The van der Waals surface area contributed by atoms with E-state index in [9.17, 15) is 0 Å². The zero-order valence-corrected chi connectivity index (χ0v) is 19.8. The summed E-state index contributed by atoms with van der Waals surface area (Å²) >= 11 is -0.646. The maximum atomic E-state index is 6.09. The number of para-hydroxylation sites is 1. The number of hydrogen-bond acceptors (Lipinski definition) is 5. The van der Waals surface area contributed by atoms with Crippen LogP contribution in [0.15, 0.2) is 48.9 Å². The first-order valence-corrected chi connectivity index (χ1v) is 12.9. The van der Waals surface area contributed by atoms with Crippen LogP contribution in [0.1, 0.15) is 19.3 Å². The number of ether oxygens (including phenoxy) is 2. The molecule has 7 heteroatoms. The summed E-state index contributed by atoms with van der Waals surface area (Å²) in [5.41, 5.74) is 2.11. The first-order valence-electron chi connectivity index (χ1n) is 10.8. The van der Waals surface area contributed by atoms with E-state index in [4.69, 9.17) is 9.47 Å². The van der Waals surface area contributed by atoms with Gasteiger partial charge in [-0.1, -0.05) is 0 Å². The van der Waals surface area contributed by atoms with E-state index in [1.807, 2.05) is 18.3 Å². The third-order valence-electron chi connectivity index (χ3n) is 5.84. The first kappa shape index (κ1) is 20.3. The molecule has 1 N–H and O–H groups in total. The van der Waals surface area contributed by atoms with Crippen LogP contribution in [0.5, 0.6) is 11.5 Å². The second kappa shape index (κ2) is 9.29. The molecule has 0 amide bonds. The Morgan fingerprint density at radius 3 is 2.87 bits per heavy atom. The van der Waals surface area contributed by atoms with Gasteiger partial charge in [0.25, 0.3) is 0 Å². The van der Waals surface area contributed by atoms with Crippen LogP contribution in [0, 0.1) is 0 Å². The Bertz CT molecular complexity index is 1190. The van der Waals surface area contributed by atoms with Gasteiger partial charge in [0.15, 0.2) is 0 Å². The van der Waals surface area contributed by atoms with Gasteiger partial charge < -0.3 is 0 Å². The topological polar surface area (TPSA) is 63.3 Å². The number of nitrogens with one attached hydrogen (secondary N) is 1. The molecule has 1 fully saturated rings. The van der Waals surface area contributed by atoms with Gasteiger partial charge in [0.2, 0.25) is 0 Å². The van der Waals surface area contributed by atoms with E-state index in [0.29, 0.717) is 6.61 Å². The summed E-state index contributed by atoms with van der Waals surface area (Å²) in [6.45, 7) is 4.22. The number of H-pyrrole nitrogens is 1. The van der Waals surface area contributed by atoms with Gasteiger partial charge in [-0.05, 0) is 0 Å². The van der Waals surface area contributed by atoms with Gasteiger partial charge in [-0.15, -0.1) is 0 Å². The summed E-state index contributed by atoms with van der Waals surface area (Å²) in [6, 6.07) is 12.6. The summed E-state index contributed by atoms with van der Waals surface area (Å²) in [7, 11) is 1.69. The number of nitrogens with zero attached hydrogens (tertiary/aromatic N) is 3. The van der Waals surface area contributed by atoms with Gasteiger partial charge in [0.05, 0.1) is 0 Å². The molecule has 4 aromatic rings. The summed E-state index contributed by atoms with van der Waals surface area (Å²) < 4.78 is 14.2. The SMILES string of the molecule is COc1cc2c([AsH]c3cccc4cc[nH]c34)ncnc2cc1OCCCN1CCCC1. The van der Waals surface area contributed by atoms with Gasteiger partial charge in [-0.25, -0.2) is 0 Å². The molecule has 1 aliphatic rings. The minimum absolute atomic E-state index is 0.646. The molecular formula is C24H27AsN4O2. The number of fused-ring (bicyclic) bond motifs is 2. The molecule has 6 nitrogen and oxygen atoms in total. The predicted molar refractivity (Wildman–Crippen MR) is 127 cm³/mol. The van der Waals surface area contributed by atoms with Crippen molar-refractivity contribution in [1.29, 1.82) is 0 Å². The Hall–Kier alpha value is -2.56. The van der Waals surface area contributed by atoms with E-state index in [1.54, 1.807) is 13.4 Å². The summed E-state index contributed by atoms with van der Waals surface area (Å²) in [5, 5.41) is 2.29. The summed E-state index contributed by atoms with van der Waals surface area (Å²) in [5.74, 6) is 1.50. The molecule has 1 saturated heterocycles. The van der Waals surface area contributed by atoms with Crippen molar-refractivity contribution in [3.8, 4) is 11.5 Å². The number of benzene rings is 2. The fourth-order valence-corrected chi connectivity index (χ4v) is 6.82. The van der Waals surface area contributed by atoms with Crippen molar-refractivity contribution in [2.24, 2.45) is 0 Å². The Morgan fingerprint density at radius 2 is 2.00 bits per heavy atom. The molecule has 0 saturated carbocycles. The van der Waals surface area contributed by atoms with Crippen molar-refractivity contribution in [3.05, 3.63) is 48.9 Å². The second-order valence-electron chi connectivity index (χ2n) is 7.87. The van der Waals surface area contributed by atoms with Gasteiger partial charge in [-0.3, -0.25) is 0 Å². The molecule has 0 bridgehead atoms. The fraction of sp³-hybridized carbons (Fsp3) is 0.333. The van der Waals surface area contributed by atoms with Crippen molar-refractivity contribution in [2.45, 2.75) is 19.3 Å². The fourth-order valence-electron chi connectivity index (χ4n) is 4.23. The molecule has 1 aliphatic heterocycles. The second-order valence-corrected chi connectivity index (χ2v) is 10.5. The minimum atomic E-state index is -0.646. The number of hydrogen-bond donors (Lipinski definition) is 1. The first-order chi connectivity index (χ1) is 15.3. The van der Waals surface area contributed by atoms with Crippen molar-refractivity contribution < 1.29 is 9.47 Å². The molecule has 5 rings (SSSR count). The Kier molecular flexibility index (Phi) is 6.10. The molecule has 0 spiro atoms. The normalized spacial score (nSPS) is 14.9. The van der Waals surface area contributed by atoms with Crippen LogP contribution in [0.2, 0.25) is 0 Å². The van der Waals surface area contributed by atoms with Gasteiger partial charge in [-0.2, -0.15) is 0 Å². The quantitative estimate of drug-likeness (QED) is 0.311. The molecule has 1 unspecified atom stereocenters. The Balaban J connectivity index is 1.37. The molecule has 160 valence electrons. The van der Waals surface area contributed by atoms with Crippen molar-refractivity contribution in [2.75, 3.05) is 33.4 Å². The Labute approximate surface area is 188 Å². The van der Waals surface area contributed by atoms with Crippen LogP contribution < -0.4 is 18.3 Å². The van der Waals surface area contributed by atoms with E-state index >= 15 is 0 Å². The molecule has 31 heavy (non-hydrogen) atoms. The van der Waals surface area contributed by atoms with Crippen LogP contribution in [0.3, 0.4) is 0 Å². The number of likely N-dealkylation sites (tertiary alicyclic amines) is 1. The van der Waals surface area contributed by atoms with Crippen LogP contribution in [0.25, 0.3) is 21.8 Å². The molecule has 0 aliphatic carbocycles. The number of aromatic nitrogens is 3. The van der Waals surface area contributed by atoms with Crippen molar-refractivity contribution >= 4 is 46.4 Å². The van der Waals surface area contributed by atoms with Crippen LogP contribution in [0.4, 0.5) is 0 Å². The van der Waals surface area contributed by atoms with Gasteiger partial charge >= 0.3 is 189 Å². The zero-order chi connectivity index (χ0) is 21.0. The maximum absolute atomic E-state index is 6.09. The van der Waals surface area contributed by atoms with Crippen LogP contribution in [-0.4, -0.2) is 69.0 Å². The third-order valence-corrected chi connectivity index (χ3v) is 8.61. The van der Waals surface area contributed by atoms with Crippen LogP contribution >= 0.6 is 0 Å². The monoisotopic (exact) mass is 478 g/mol. The predicted octanol–water partition coefficient (Wildman–Crippen LogP) is 2.37. The molecule has 2 aromatic carbocycles. The average molecular weight is 478 g/mol. The number of methoxy groups -OCH3 is 1. The standard InChI is InChI=1S/C24H27AsN4O2/c1-30-21-14-18-20(15-22(21)31-13-5-12-29-10-2-3-11-29)27-16-28-24(18)25-19-7-4-6-17-8-9-26-23(17)19/h4,6-9,14-16,25-26H,2-3,5,10-13H2,1H3. The van der Waals surface area contributed by atoms with E-state index in [-0.39, 0.29) is 0 Å². The molecule has 0 radical (unpaired) electrons. The number of rotatable bonds is 8. The molecule has 2 aromatic heterocycles. The van der Waals surface area contributed by atoms with Gasteiger partial charge in [0.1, 0.15) is 0 Å². The Morgan fingerprint density at radius 1 is 1.10 bits per heavy atom. The van der Waals surface area contributed by atoms with Crippen LogP contribution in [-0.2, 0) is 0 Å². The van der Waals surface area contributed by atoms with E-state index in [0.717, 1.165) is 39.8 Å². The molecule has 1 atom stereocenters. The van der Waals surface area contributed by atoms with Gasteiger partial charge in [0, 0.05) is 0 Å². The molecule has 3 heterocycles. The van der Waals surface area contributed by atoms with Crippen molar-refractivity contribution in [1.82, 2.24) is 19.9 Å². The van der Waals surface area contributed by atoms with E-state index < -0.39 is 15.8 Å². The van der Waals surface area contributed by atoms with E-state index in [2.05, 4.69) is 44.1 Å². The summed E-state index contributed by atoms with van der Waals surface area (Å²) in [4.78, 5) is 15.1. The third kappa shape index (κ3) is 4.41. The summed E-state index contributed by atoms with van der Waals surface area (Å²) in [6.07, 6.45) is 7.32. The van der Waals surface area contributed by atoms with E-state index in [1.165, 1.54) is 41.2 Å². The zero-order valence-electron chi connectivity index (χ0n) is 17.7. The van der Waals surface area contributed by atoms with Crippen molar-refractivity contribution in [3.63, 3.8) is 0 Å². The number of aromatic amines is 1. The molecular weight excluding hydrogens is 451 g/mol.